The third kappa shape index (κ3) is 3.59. The molecule has 1 unspecified atom stereocenters. The largest absolute Gasteiger partial charge is 0.542 e. The van der Waals surface area contributed by atoms with Crippen LogP contribution in [-0.4, -0.2) is 31.5 Å². The van der Waals surface area contributed by atoms with Crippen LogP contribution in [0.4, 0.5) is 0 Å². The SMILES string of the molecule is CC1CN(C(=N)N)N=C1c1cccc(Cl)c1O[Si](C)(C)C(C)(C)C. The molecule has 1 heterocycles. The minimum absolute atomic E-state index is 0.0502. The van der Waals surface area contributed by atoms with Gasteiger partial charge in [-0.25, -0.2) is 5.01 Å². The molecule has 3 N–H and O–H groups in total. The second-order valence-electron chi connectivity index (χ2n) is 7.83. The third-order valence-electron chi connectivity index (χ3n) is 4.83. The molecule has 0 radical (unpaired) electrons. The van der Waals surface area contributed by atoms with Crippen molar-refractivity contribution in [3.05, 3.63) is 28.8 Å². The lowest BCUT2D eigenvalue weighted by Crippen LogP contribution is -2.44. The molecule has 0 aliphatic carbocycles. The lowest BCUT2D eigenvalue weighted by atomic mass is 9.98. The summed E-state index contributed by atoms with van der Waals surface area (Å²) in [5.74, 6) is 0.793. The number of nitrogens with two attached hydrogens (primary N) is 1. The topological polar surface area (TPSA) is 74.7 Å². The fourth-order valence-electron chi connectivity index (χ4n) is 2.31. The third-order valence-corrected chi connectivity index (χ3v) is 9.45. The quantitative estimate of drug-likeness (QED) is 0.476. The van der Waals surface area contributed by atoms with Crippen molar-refractivity contribution in [2.75, 3.05) is 6.54 Å². The van der Waals surface area contributed by atoms with Crippen LogP contribution in [0.5, 0.6) is 5.75 Å². The molecule has 7 heteroatoms. The molecule has 1 aromatic rings. The fraction of sp³-hybridized carbons (Fsp3) is 0.529. The molecule has 1 atom stereocenters. The highest BCUT2D eigenvalue weighted by atomic mass is 35.5. The van der Waals surface area contributed by atoms with Crippen LogP contribution in [0.25, 0.3) is 0 Å². The molecule has 1 aliphatic heterocycles. The van der Waals surface area contributed by atoms with Crippen molar-refractivity contribution >= 4 is 31.6 Å². The van der Waals surface area contributed by atoms with Crippen LogP contribution in [0.3, 0.4) is 0 Å². The number of guanidine groups is 1. The molecular formula is C17H27ClN4OSi. The summed E-state index contributed by atoms with van der Waals surface area (Å²) in [6.45, 7) is 13.6. The maximum absolute atomic E-state index is 7.60. The van der Waals surface area contributed by atoms with Gasteiger partial charge in [-0.15, -0.1) is 0 Å². The Morgan fingerprint density at radius 3 is 2.54 bits per heavy atom. The van der Waals surface area contributed by atoms with Crippen molar-refractivity contribution in [2.24, 2.45) is 16.8 Å². The summed E-state index contributed by atoms with van der Waals surface area (Å²) >= 11 is 6.47. The Bertz CT molecular complexity index is 682. The first-order chi connectivity index (χ1) is 10.9. The molecule has 0 aromatic heterocycles. The smallest absolute Gasteiger partial charge is 0.250 e. The van der Waals surface area contributed by atoms with Crippen LogP contribution >= 0.6 is 11.6 Å². The van der Waals surface area contributed by atoms with E-state index in [1.807, 2.05) is 18.2 Å². The van der Waals surface area contributed by atoms with Gasteiger partial charge in [0.25, 0.3) is 8.32 Å². The van der Waals surface area contributed by atoms with Crippen LogP contribution in [-0.2, 0) is 0 Å². The molecule has 2 rings (SSSR count). The van der Waals surface area contributed by atoms with E-state index in [2.05, 4.69) is 45.9 Å². The summed E-state index contributed by atoms with van der Waals surface area (Å²) in [5, 5.41) is 14.3. The van der Waals surface area contributed by atoms with Gasteiger partial charge in [0.1, 0.15) is 5.75 Å². The Morgan fingerprint density at radius 2 is 2.04 bits per heavy atom. The molecule has 0 spiro atoms. The summed E-state index contributed by atoms with van der Waals surface area (Å²) in [5.41, 5.74) is 7.33. The van der Waals surface area contributed by atoms with E-state index in [1.165, 1.54) is 5.01 Å². The van der Waals surface area contributed by atoms with Crippen LogP contribution < -0.4 is 10.2 Å². The van der Waals surface area contributed by atoms with Gasteiger partial charge >= 0.3 is 0 Å². The van der Waals surface area contributed by atoms with Gasteiger partial charge in [0.2, 0.25) is 5.96 Å². The van der Waals surface area contributed by atoms with E-state index in [0.29, 0.717) is 17.3 Å². The number of para-hydroxylation sites is 1. The number of hydrazone groups is 1. The van der Waals surface area contributed by atoms with Gasteiger partial charge in [0.05, 0.1) is 17.3 Å². The summed E-state index contributed by atoms with van der Waals surface area (Å²) in [6, 6.07) is 5.73. The number of nitrogens with zero attached hydrogens (tertiary/aromatic N) is 2. The van der Waals surface area contributed by atoms with E-state index >= 15 is 0 Å². The van der Waals surface area contributed by atoms with E-state index < -0.39 is 8.32 Å². The van der Waals surface area contributed by atoms with Crippen LogP contribution in [0.2, 0.25) is 23.2 Å². The number of nitrogens with one attached hydrogen (secondary N) is 1. The lowest BCUT2D eigenvalue weighted by Gasteiger charge is -2.37. The zero-order chi connectivity index (χ0) is 18.3. The average molecular weight is 367 g/mol. The molecule has 5 nitrogen and oxygen atoms in total. The second kappa shape index (κ2) is 6.41. The predicted octanol–water partition coefficient (Wildman–Crippen LogP) is 4.27. The van der Waals surface area contributed by atoms with E-state index in [-0.39, 0.29) is 16.9 Å². The normalized spacial score (nSPS) is 18.5. The highest BCUT2D eigenvalue weighted by Gasteiger charge is 2.40. The first kappa shape index (κ1) is 18.8. The predicted molar refractivity (Wildman–Crippen MR) is 104 cm³/mol. The van der Waals surface area contributed by atoms with Gasteiger partial charge in [-0.3, -0.25) is 5.41 Å². The minimum Gasteiger partial charge on any atom is -0.542 e. The highest BCUT2D eigenvalue weighted by molar-refractivity contribution is 6.74. The standard InChI is InChI=1S/C17H27ClN4OSi/c1-11-10-22(16(19)20)21-14(11)12-8-7-9-13(18)15(12)23-24(5,6)17(2,3)4/h7-9,11H,10H2,1-6H3,(H3,19,20). The molecule has 0 bridgehead atoms. The minimum atomic E-state index is -2.04. The van der Waals surface area contributed by atoms with E-state index in [0.717, 1.165) is 11.3 Å². The molecule has 0 fully saturated rings. The van der Waals surface area contributed by atoms with Crippen molar-refractivity contribution in [3.63, 3.8) is 0 Å². The van der Waals surface area contributed by atoms with Gasteiger partial charge in [-0.05, 0) is 30.3 Å². The fourth-order valence-corrected chi connectivity index (χ4v) is 3.62. The van der Waals surface area contributed by atoms with E-state index in [4.69, 9.17) is 27.2 Å². The first-order valence-electron chi connectivity index (χ1n) is 8.12. The first-order valence-corrected chi connectivity index (χ1v) is 11.4. The van der Waals surface area contributed by atoms with E-state index in [1.54, 1.807) is 0 Å². The number of halogens is 1. The Labute approximate surface area is 150 Å². The zero-order valence-corrected chi connectivity index (χ0v) is 17.0. The highest BCUT2D eigenvalue weighted by Crippen LogP contribution is 2.41. The molecule has 24 heavy (non-hydrogen) atoms. The Morgan fingerprint density at radius 1 is 1.42 bits per heavy atom. The number of benzene rings is 1. The van der Waals surface area contributed by atoms with Gasteiger partial charge < -0.3 is 10.2 Å². The van der Waals surface area contributed by atoms with Crippen LogP contribution in [0.1, 0.15) is 33.3 Å². The van der Waals surface area contributed by atoms with Gasteiger partial charge in [0, 0.05) is 11.5 Å². The second-order valence-corrected chi connectivity index (χ2v) is 13.0. The maximum Gasteiger partial charge on any atom is 0.250 e. The number of hydrogen-bond donors (Lipinski definition) is 2. The summed E-state index contributed by atoms with van der Waals surface area (Å²) in [4.78, 5) is 0. The number of rotatable bonds is 3. The Hall–Kier alpha value is -1.53. The Balaban J connectivity index is 2.49. The van der Waals surface area contributed by atoms with Crippen LogP contribution in [0, 0.1) is 11.3 Å². The van der Waals surface area contributed by atoms with Crippen molar-refractivity contribution in [1.29, 1.82) is 5.41 Å². The zero-order valence-electron chi connectivity index (χ0n) is 15.3. The summed E-state index contributed by atoms with van der Waals surface area (Å²) in [7, 11) is -2.04. The van der Waals surface area contributed by atoms with Crippen molar-refractivity contribution in [1.82, 2.24) is 5.01 Å². The van der Waals surface area contributed by atoms with Crippen LogP contribution in [0.15, 0.2) is 23.3 Å². The van der Waals surface area contributed by atoms with Crippen molar-refractivity contribution in [2.45, 2.75) is 45.8 Å². The molecule has 1 aromatic carbocycles. The Kier molecular flexibility index (Phi) is 5.02. The van der Waals surface area contributed by atoms with Gasteiger partial charge in [0.15, 0.2) is 0 Å². The van der Waals surface area contributed by atoms with E-state index in [9.17, 15) is 0 Å². The summed E-state index contributed by atoms with van der Waals surface area (Å²) in [6.07, 6.45) is 0. The average Bonchev–Trinajstić information content (AvgIpc) is 2.82. The molecule has 1 aliphatic rings. The van der Waals surface area contributed by atoms with Gasteiger partial charge in [-0.1, -0.05) is 45.4 Å². The molecular weight excluding hydrogens is 340 g/mol. The summed E-state index contributed by atoms with van der Waals surface area (Å²) < 4.78 is 6.51. The monoisotopic (exact) mass is 366 g/mol. The molecule has 0 saturated heterocycles. The molecule has 132 valence electrons. The molecule has 0 saturated carbocycles. The van der Waals surface area contributed by atoms with Gasteiger partial charge in [-0.2, -0.15) is 5.10 Å². The lowest BCUT2D eigenvalue weighted by molar-refractivity contribution is 0.448. The maximum atomic E-state index is 7.60. The molecule has 0 amide bonds. The van der Waals surface area contributed by atoms with Crippen molar-refractivity contribution < 1.29 is 4.43 Å². The number of hydrogen-bond acceptors (Lipinski definition) is 3. The van der Waals surface area contributed by atoms with Crippen molar-refractivity contribution in [3.8, 4) is 5.75 Å².